The molecule has 8 nitrogen and oxygen atoms in total. The van der Waals surface area contributed by atoms with E-state index in [2.05, 4.69) is 31.1 Å². The summed E-state index contributed by atoms with van der Waals surface area (Å²) < 4.78 is 0. The molecular weight excluding hydrogens is 576 g/mol. The van der Waals surface area contributed by atoms with Gasteiger partial charge in [-0.05, 0) is 73.4 Å². The molecule has 8 heteroatoms. The van der Waals surface area contributed by atoms with E-state index >= 15 is 0 Å². The summed E-state index contributed by atoms with van der Waals surface area (Å²) in [7, 11) is 1.72. The Balaban J connectivity index is 0.000000758. The smallest absolute Gasteiger partial charge is 0.252 e. The molecule has 4 rings (SSSR count). The second kappa shape index (κ2) is 17.4. The van der Waals surface area contributed by atoms with Crippen molar-refractivity contribution in [2.24, 2.45) is 5.41 Å². The van der Waals surface area contributed by atoms with E-state index in [9.17, 15) is 19.2 Å². The van der Waals surface area contributed by atoms with Gasteiger partial charge >= 0.3 is 0 Å². The van der Waals surface area contributed by atoms with E-state index in [1.807, 2.05) is 66.6 Å². The molecule has 1 fully saturated rings. The summed E-state index contributed by atoms with van der Waals surface area (Å²) in [5.74, 6) is -0.217. The van der Waals surface area contributed by atoms with Gasteiger partial charge in [-0.25, -0.2) is 0 Å². The number of piperidine rings is 1. The van der Waals surface area contributed by atoms with E-state index < -0.39 is 6.04 Å². The molecule has 1 N–H and O–H groups in total. The molecular formula is C38H52N4O4. The van der Waals surface area contributed by atoms with Crippen LogP contribution in [0.3, 0.4) is 0 Å². The van der Waals surface area contributed by atoms with E-state index in [0.717, 1.165) is 43.2 Å². The molecule has 2 atom stereocenters. The van der Waals surface area contributed by atoms with E-state index in [0.29, 0.717) is 30.6 Å². The van der Waals surface area contributed by atoms with Crippen LogP contribution in [0, 0.1) is 5.41 Å². The van der Waals surface area contributed by atoms with Crippen molar-refractivity contribution < 1.29 is 20.6 Å². The molecule has 0 radical (unpaired) electrons. The van der Waals surface area contributed by atoms with Crippen molar-refractivity contribution in [2.45, 2.75) is 91.6 Å². The fourth-order valence-electron chi connectivity index (χ4n) is 5.67. The third-order valence-electron chi connectivity index (χ3n) is 7.90. The fourth-order valence-corrected chi connectivity index (χ4v) is 5.67. The van der Waals surface area contributed by atoms with Crippen molar-refractivity contribution in [2.75, 3.05) is 18.5 Å². The van der Waals surface area contributed by atoms with Crippen LogP contribution in [0.4, 0.5) is 5.69 Å². The van der Waals surface area contributed by atoms with Crippen molar-refractivity contribution in [3.8, 4) is 0 Å². The average molecular weight is 629 g/mol. The van der Waals surface area contributed by atoms with Crippen LogP contribution in [-0.2, 0) is 14.4 Å². The van der Waals surface area contributed by atoms with Gasteiger partial charge in [-0.15, -0.1) is 0 Å². The summed E-state index contributed by atoms with van der Waals surface area (Å²) >= 11 is 0. The quantitative estimate of drug-likeness (QED) is 0.248. The summed E-state index contributed by atoms with van der Waals surface area (Å²) in [6.07, 6.45) is 9.25. The van der Waals surface area contributed by atoms with E-state index in [-0.39, 0.29) is 36.4 Å². The molecule has 2 heterocycles. The van der Waals surface area contributed by atoms with Crippen LogP contribution >= 0.6 is 0 Å². The molecule has 1 aliphatic rings. The van der Waals surface area contributed by atoms with Crippen LogP contribution < -0.4 is 10.2 Å². The molecule has 1 aromatic heterocycles. The van der Waals surface area contributed by atoms with Gasteiger partial charge in [0.05, 0.1) is 6.04 Å². The Hall–Kier alpha value is -4.33. The van der Waals surface area contributed by atoms with Gasteiger partial charge in [-0.2, -0.15) is 0 Å². The van der Waals surface area contributed by atoms with Gasteiger partial charge in [0.2, 0.25) is 11.8 Å². The molecule has 248 valence electrons. The Labute approximate surface area is 276 Å². The third kappa shape index (κ3) is 10.9. The summed E-state index contributed by atoms with van der Waals surface area (Å²) in [4.78, 5) is 58.3. The Kier molecular flexibility index (Phi) is 13.7. The first-order valence-electron chi connectivity index (χ1n) is 16.3. The van der Waals surface area contributed by atoms with Gasteiger partial charge in [-0.1, -0.05) is 76.6 Å². The van der Waals surface area contributed by atoms with Crippen LogP contribution in [0.1, 0.15) is 115 Å². The highest BCUT2D eigenvalue weighted by Crippen LogP contribution is 2.33. The van der Waals surface area contributed by atoms with Gasteiger partial charge in [0.15, 0.2) is 0 Å². The lowest BCUT2D eigenvalue weighted by molar-refractivity contribution is -0.137. The number of nitrogens with zero attached hydrogens (tertiary/aromatic N) is 3. The molecule has 1 aliphatic heterocycles. The predicted molar refractivity (Wildman–Crippen MR) is 185 cm³/mol. The second-order valence-electron chi connectivity index (χ2n) is 13.2. The van der Waals surface area contributed by atoms with Crippen LogP contribution in [0.15, 0.2) is 79.1 Å². The number of hydrogen-bond donors (Lipinski definition) is 1. The van der Waals surface area contributed by atoms with Crippen LogP contribution in [0.25, 0.3) is 0 Å². The number of amides is 3. The highest BCUT2D eigenvalue weighted by Gasteiger charge is 2.34. The number of unbranched alkanes of at least 4 members (excludes halogenated alkanes) is 1. The number of likely N-dealkylation sites (tertiary alicyclic amines) is 1. The lowest BCUT2D eigenvalue weighted by Crippen LogP contribution is -2.46. The molecule has 3 amide bonds. The number of aromatic nitrogens is 1. The maximum atomic E-state index is 14.1. The normalized spacial score (nSPS) is 15.2. The van der Waals surface area contributed by atoms with Gasteiger partial charge in [-0.3, -0.25) is 19.4 Å². The van der Waals surface area contributed by atoms with E-state index in [1.54, 1.807) is 43.3 Å². The standard InChI is InChI=1S/C31H36N4O3.C7H14O.H2/c1-3-4-18-28(36)34(2)26-16-10-14-24(21-26)30(37)33-29(23-12-6-5-7-13-23)31(38)35-20-9-8-17-27(35)25-15-11-19-32-22-25;1-6(8)5-7(2,3)4;/h5-7,10-16,19,21-22,27,29H,3-4,8-9,17-18,20H2,1-2H3,(H,33,37);5H2,1-4H3;1H/t27-,29+;;/m1../s1. The Morgan fingerprint density at radius 3 is 2.37 bits per heavy atom. The van der Waals surface area contributed by atoms with Crippen LogP contribution in [0.2, 0.25) is 0 Å². The predicted octanol–water partition coefficient (Wildman–Crippen LogP) is 7.72. The van der Waals surface area contributed by atoms with E-state index in [4.69, 9.17) is 0 Å². The molecule has 0 saturated carbocycles. The number of pyridine rings is 1. The summed E-state index contributed by atoms with van der Waals surface area (Å²) in [6.45, 7) is 10.5. The largest absolute Gasteiger partial charge is 0.336 e. The molecule has 0 unspecified atom stereocenters. The van der Waals surface area contributed by atoms with Crippen molar-refractivity contribution >= 4 is 29.2 Å². The molecule has 0 bridgehead atoms. The Bertz CT molecular complexity index is 1440. The number of carbonyl (C=O) groups excluding carboxylic acids is 4. The number of rotatable bonds is 10. The first-order valence-corrected chi connectivity index (χ1v) is 16.3. The van der Waals surface area contributed by atoms with E-state index in [1.165, 1.54) is 0 Å². The summed E-state index contributed by atoms with van der Waals surface area (Å²) in [6, 6.07) is 19.3. The fraction of sp³-hybridized carbons (Fsp3) is 0.447. The Morgan fingerprint density at radius 1 is 1.02 bits per heavy atom. The molecule has 0 aliphatic carbocycles. The molecule has 0 spiro atoms. The monoisotopic (exact) mass is 628 g/mol. The first-order chi connectivity index (χ1) is 21.9. The minimum Gasteiger partial charge on any atom is -0.336 e. The van der Waals surface area contributed by atoms with Gasteiger partial charge in [0.25, 0.3) is 5.91 Å². The maximum Gasteiger partial charge on any atom is 0.252 e. The number of ketones is 1. The lowest BCUT2D eigenvalue weighted by Gasteiger charge is -2.38. The minimum atomic E-state index is -0.839. The molecule has 1 saturated heterocycles. The van der Waals surface area contributed by atoms with Crippen molar-refractivity contribution in [3.05, 3.63) is 95.8 Å². The van der Waals surface area contributed by atoms with Gasteiger partial charge < -0.3 is 19.9 Å². The number of nitrogens with one attached hydrogen (secondary N) is 1. The zero-order valence-corrected chi connectivity index (χ0v) is 28.3. The zero-order chi connectivity index (χ0) is 33.7. The highest BCUT2D eigenvalue weighted by molar-refractivity contribution is 6.00. The molecule has 2 aromatic carbocycles. The van der Waals surface area contributed by atoms with Crippen molar-refractivity contribution in [3.63, 3.8) is 0 Å². The molecule has 3 aromatic rings. The van der Waals surface area contributed by atoms with Gasteiger partial charge in [0, 0.05) is 51.5 Å². The third-order valence-corrected chi connectivity index (χ3v) is 7.90. The average Bonchev–Trinajstić information content (AvgIpc) is 3.05. The number of anilines is 1. The SMILES string of the molecule is CC(=O)CC(C)(C)C.CCCCC(=O)N(C)c1cccc(C(=O)N[C@H](C(=O)N2CCCC[C@@H]2c2cccnc2)c2ccccc2)c1.[HH]. The topological polar surface area (TPSA) is 99.7 Å². The lowest BCUT2D eigenvalue weighted by atomic mass is 9.91. The second-order valence-corrected chi connectivity index (χ2v) is 13.2. The summed E-state index contributed by atoms with van der Waals surface area (Å²) in [5, 5.41) is 3.00. The maximum absolute atomic E-state index is 14.1. The zero-order valence-electron chi connectivity index (χ0n) is 28.3. The van der Waals surface area contributed by atoms with Crippen molar-refractivity contribution in [1.82, 2.24) is 15.2 Å². The van der Waals surface area contributed by atoms with Gasteiger partial charge in [0.1, 0.15) is 11.8 Å². The van der Waals surface area contributed by atoms with Crippen molar-refractivity contribution in [1.29, 1.82) is 0 Å². The first kappa shape index (κ1) is 36.1. The number of carbonyl (C=O) groups is 4. The number of hydrogen-bond acceptors (Lipinski definition) is 5. The van der Waals surface area contributed by atoms with Crippen LogP contribution in [0.5, 0.6) is 0 Å². The number of Topliss-reactive ketones (excluding diaryl/α,β-unsaturated/α-hetero) is 1. The highest BCUT2D eigenvalue weighted by atomic mass is 16.2. The minimum absolute atomic E-state index is 0. The Morgan fingerprint density at radius 2 is 1.76 bits per heavy atom. The number of benzene rings is 2. The summed E-state index contributed by atoms with van der Waals surface area (Å²) in [5.41, 5.74) is 2.95. The van der Waals surface area contributed by atoms with Crippen LogP contribution in [-0.4, -0.2) is 47.0 Å². The molecule has 46 heavy (non-hydrogen) atoms.